The van der Waals surface area contributed by atoms with Gasteiger partial charge in [0, 0.05) is 32.2 Å². The molecule has 0 radical (unpaired) electrons. The van der Waals surface area contributed by atoms with E-state index >= 15 is 0 Å². The zero-order valence-corrected chi connectivity index (χ0v) is 26.9. The van der Waals surface area contributed by atoms with Crippen molar-refractivity contribution in [3.05, 3.63) is 83.9 Å². The number of aliphatic carboxylic acids is 1. The summed E-state index contributed by atoms with van der Waals surface area (Å²) in [6.45, 7) is 1.33. The molecule has 0 aromatic heterocycles. The molecule has 3 aromatic rings. The molecule has 0 aliphatic carbocycles. The molecular formula is C34H43N5O6S. The van der Waals surface area contributed by atoms with Crippen LogP contribution in [-0.4, -0.2) is 95.1 Å². The number of benzene rings is 3. The Bertz CT molecular complexity index is 1470. The van der Waals surface area contributed by atoms with Gasteiger partial charge < -0.3 is 31.1 Å². The molecule has 1 fully saturated rings. The Morgan fingerprint density at radius 1 is 1.07 bits per heavy atom. The number of fused-ring (bicyclic) bond motifs is 1. The number of ether oxygens (including phenoxy) is 1. The van der Waals surface area contributed by atoms with Gasteiger partial charge in [0.05, 0.1) is 6.54 Å². The van der Waals surface area contributed by atoms with Crippen LogP contribution in [0, 0.1) is 0 Å². The van der Waals surface area contributed by atoms with Gasteiger partial charge in [0.25, 0.3) is 0 Å². The van der Waals surface area contributed by atoms with Crippen LogP contribution in [-0.2, 0) is 32.3 Å². The van der Waals surface area contributed by atoms with E-state index in [1.807, 2.05) is 84.0 Å². The maximum Gasteiger partial charge on any atom is 0.407 e. The molecule has 12 heteroatoms. The topological polar surface area (TPSA) is 154 Å². The van der Waals surface area contributed by atoms with E-state index in [-0.39, 0.29) is 37.6 Å². The summed E-state index contributed by atoms with van der Waals surface area (Å²) in [7, 11) is 0. The zero-order valence-electron chi connectivity index (χ0n) is 26.1. The minimum Gasteiger partial charge on any atom is -0.480 e. The van der Waals surface area contributed by atoms with E-state index in [0.717, 1.165) is 34.7 Å². The molecule has 3 atom stereocenters. The highest BCUT2D eigenvalue weighted by Crippen LogP contribution is 2.23. The highest BCUT2D eigenvalue weighted by molar-refractivity contribution is 7.98. The lowest BCUT2D eigenvalue weighted by atomic mass is 10.0. The molecule has 1 saturated heterocycles. The van der Waals surface area contributed by atoms with Gasteiger partial charge in [-0.15, -0.1) is 0 Å². The molecule has 4 rings (SSSR count). The second-order valence-electron chi connectivity index (χ2n) is 11.4. The van der Waals surface area contributed by atoms with E-state index in [0.29, 0.717) is 31.8 Å². The second kappa shape index (κ2) is 17.5. The Kier molecular flexibility index (Phi) is 13.2. The lowest BCUT2D eigenvalue weighted by Crippen LogP contribution is -2.53. The minimum atomic E-state index is -1.07. The van der Waals surface area contributed by atoms with Crippen LogP contribution >= 0.6 is 11.8 Å². The van der Waals surface area contributed by atoms with Crippen molar-refractivity contribution in [1.82, 2.24) is 20.4 Å². The molecule has 3 aromatic carbocycles. The normalized spacial score (nSPS) is 15.8. The standard InChI is InChI=1S/C34H43N5O6S/c1-46-18-16-30(33(42)43)37-31(40)22-38(20-26-13-7-12-25-11-5-6-15-28(25)26)21-27-14-8-17-39(27)32(41)29(35)19-36-34(44)45-23-24-9-3-2-4-10-24/h2-7,9-13,15,27,29-30H,8,14,16-23,35H2,1H3,(H,36,44)(H,37,40)(H,42,43)/t27-,29-,30-/m0/s1. The number of carbonyl (C=O) groups is 4. The van der Waals surface area contributed by atoms with Crippen LogP contribution in [0.2, 0.25) is 0 Å². The smallest absolute Gasteiger partial charge is 0.407 e. The lowest BCUT2D eigenvalue weighted by Gasteiger charge is -2.32. The number of alkyl carbamates (subject to hydrolysis) is 1. The number of amides is 3. The fraction of sp³-hybridized carbons (Fsp3) is 0.412. The van der Waals surface area contributed by atoms with E-state index in [2.05, 4.69) is 10.6 Å². The van der Waals surface area contributed by atoms with E-state index in [1.165, 1.54) is 11.8 Å². The highest BCUT2D eigenvalue weighted by Gasteiger charge is 2.34. The van der Waals surface area contributed by atoms with E-state index < -0.39 is 24.1 Å². The summed E-state index contributed by atoms with van der Waals surface area (Å²) in [4.78, 5) is 54.4. The van der Waals surface area contributed by atoms with Gasteiger partial charge in [-0.25, -0.2) is 9.59 Å². The number of hydrogen-bond acceptors (Lipinski definition) is 8. The van der Waals surface area contributed by atoms with E-state index in [1.54, 1.807) is 4.90 Å². The van der Waals surface area contributed by atoms with Crippen LogP contribution in [0.3, 0.4) is 0 Å². The number of rotatable bonds is 16. The molecule has 0 unspecified atom stereocenters. The van der Waals surface area contributed by atoms with Crippen LogP contribution in [0.25, 0.3) is 10.8 Å². The van der Waals surface area contributed by atoms with Crippen molar-refractivity contribution in [2.45, 2.75) is 50.5 Å². The van der Waals surface area contributed by atoms with E-state index in [4.69, 9.17) is 10.5 Å². The first-order valence-corrected chi connectivity index (χ1v) is 16.8. The molecule has 5 N–H and O–H groups in total. The molecule has 246 valence electrons. The van der Waals surface area contributed by atoms with Gasteiger partial charge in [-0.1, -0.05) is 72.8 Å². The molecule has 1 heterocycles. The third-order valence-electron chi connectivity index (χ3n) is 8.01. The predicted octanol–water partition coefficient (Wildman–Crippen LogP) is 3.21. The van der Waals surface area contributed by atoms with Crippen LogP contribution in [0.15, 0.2) is 72.8 Å². The Morgan fingerprint density at radius 3 is 2.57 bits per heavy atom. The second-order valence-corrected chi connectivity index (χ2v) is 12.4. The minimum absolute atomic E-state index is 0.0360. The molecule has 1 aliphatic rings. The third-order valence-corrected chi connectivity index (χ3v) is 8.65. The average Bonchev–Trinajstić information content (AvgIpc) is 3.52. The van der Waals surface area contributed by atoms with Crippen LogP contribution in [0.4, 0.5) is 4.79 Å². The number of carboxylic acid groups (broad SMARTS) is 1. The number of carbonyl (C=O) groups excluding carboxylic acids is 3. The van der Waals surface area contributed by atoms with Crippen molar-refractivity contribution in [2.75, 3.05) is 38.2 Å². The number of nitrogens with zero attached hydrogens (tertiary/aromatic N) is 2. The van der Waals surface area contributed by atoms with Crippen LogP contribution in [0.5, 0.6) is 0 Å². The Labute approximate surface area is 273 Å². The van der Waals surface area contributed by atoms with E-state index in [9.17, 15) is 24.3 Å². The summed E-state index contributed by atoms with van der Waals surface area (Å²) in [5, 5.41) is 17.0. The first-order chi connectivity index (χ1) is 22.2. The zero-order chi connectivity index (χ0) is 32.9. The number of likely N-dealkylation sites (tertiary alicyclic amines) is 1. The SMILES string of the molecule is CSCC[C@H](NC(=O)CN(Cc1cccc2ccccc12)C[C@@H]1CCCN1C(=O)[C@@H](N)CNC(=O)OCc1ccccc1)C(=O)O. The van der Waals surface area contributed by atoms with Gasteiger partial charge in [0.2, 0.25) is 11.8 Å². The van der Waals surface area contributed by atoms with Crippen molar-refractivity contribution < 1.29 is 29.0 Å². The van der Waals surface area contributed by atoms with Gasteiger partial charge in [0.15, 0.2) is 0 Å². The van der Waals surface area contributed by atoms with Crippen molar-refractivity contribution >= 4 is 46.4 Å². The fourth-order valence-corrected chi connectivity index (χ4v) is 6.15. The van der Waals surface area contributed by atoms with Gasteiger partial charge in [-0.2, -0.15) is 11.8 Å². The summed E-state index contributed by atoms with van der Waals surface area (Å²) in [5.74, 6) is -1.14. The van der Waals surface area contributed by atoms with Crippen molar-refractivity contribution in [2.24, 2.45) is 5.73 Å². The number of hydrogen-bond donors (Lipinski definition) is 4. The third kappa shape index (κ3) is 10.2. The lowest BCUT2D eigenvalue weighted by molar-refractivity contribution is -0.142. The maximum atomic E-state index is 13.4. The first kappa shape index (κ1) is 34.7. The molecule has 46 heavy (non-hydrogen) atoms. The summed E-state index contributed by atoms with van der Waals surface area (Å²) in [5.41, 5.74) is 8.11. The van der Waals surface area contributed by atoms with Gasteiger partial charge in [-0.3, -0.25) is 14.5 Å². The van der Waals surface area contributed by atoms with Gasteiger partial charge in [-0.05, 0) is 53.2 Å². The molecule has 0 saturated carbocycles. The van der Waals surface area contributed by atoms with Crippen LogP contribution in [0.1, 0.15) is 30.4 Å². The predicted molar refractivity (Wildman–Crippen MR) is 179 cm³/mol. The summed E-state index contributed by atoms with van der Waals surface area (Å²) >= 11 is 1.52. The van der Waals surface area contributed by atoms with Gasteiger partial charge in [0.1, 0.15) is 18.7 Å². The largest absolute Gasteiger partial charge is 0.480 e. The van der Waals surface area contributed by atoms with Crippen LogP contribution < -0.4 is 16.4 Å². The summed E-state index contributed by atoms with van der Waals surface area (Å²) < 4.78 is 5.23. The number of nitrogens with two attached hydrogens (primary N) is 1. The Balaban J connectivity index is 1.41. The molecule has 0 spiro atoms. The highest BCUT2D eigenvalue weighted by atomic mass is 32.2. The monoisotopic (exact) mass is 649 g/mol. The van der Waals surface area contributed by atoms with Crippen molar-refractivity contribution in [3.63, 3.8) is 0 Å². The maximum absolute atomic E-state index is 13.4. The number of thioether (sulfide) groups is 1. The molecule has 0 bridgehead atoms. The van der Waals surface area contributed by atoms with Crippen molar-refractivity contribution in [1.29, 1.82) is 0 Å². The molecule has 11 nitrogen and oxygen atoms in total. The van der Waals surface area contributed by atoms with Gasteiger partial charge >= 0.3 is 12.1 Å². The summed E-state index contributed by atoms with van der Waals surface area (Å²) in [6.07, 6.45) is 3.06. The quantitative estimate of drug-likeness (QED) is 0.183. The molecular weight excluding hydrogens is 606 g/mol. The number of carboxylic acids is 1. The van der Waals surface area contributed by atoms with Crippen molar-refractivity contribution in [3.8, 4) is 0 Å². The molecule has 3 amide bonds. The fourth-order valence-electron chi connectivity index (χ4n) is 5.67. The molecule has 1 aliphatic heterocycles. The Morgan fingerprint density at radius 2 is 1.80 bits per heavy atom. The number of nitrogens with one attached hydrogen (secondary N) is 2. The Hall–Kier alpha value is -4.13. The summed E-state index contributed by atoms with van der Waals surface area (Å²) in [6, 6.07) is 21.2. The average molecular weight is 650 g/mol. The first-order valence-electron chi connectivity index (χ1n) is 15.5.